The number of sulfonamides is 1. The van der Waals surface area contributed by atoms with E-state index in [1.54, 1.807) is 6.07 Å². The zero-order valence-electron chi connectivity index (χ0n) is 12.3. The second-order valence-electron chi connectivity index (χ2n) is 4.78. The zero-order chi connectivity index (χ0) is 16.0. The second-order valence-corrected chi connectivity index (χ2v) is 6.96. The first-order valence-electron chi connectivity index (χ1n) is 6.90. The van der Waals surface area contributed by atoms with Gasteiger partial charge in [-0.2, -0.15) is 0 Å². The minimum atomic E-state index is -3.55. The monoisotopic (exact) mass is 339 g/mol. The number of nitrogens with one attached hydrogen (secondary N) is 1. The molecule has 0 aliphatic carbocycles. The number of benzene rings is 2. The van der Waals surface area contributed by atoms with Crippen LogP contribution < -0.4 is 9.46 Å². The lowest BCUT2D eigenvalue weighted by molar-refractivity contribution is 0.414. The van der Waals surface area contributed by atoms with Gasteiger partial charge >= 0.3 is 0 Å². The molecule has 0 fully saturated rings. The lowest BCUT2D eigenvalue weighted by Gasteiger charge is -2.09. The van der Waals surface area contributed by atoms with Crippen molar-refractivity contribution >= 4 is 21.6 Å². The molecule has 4 nitrogen and oxygen atoms in total. The molecule has 0 unspecified atom stereocenters. The van der Waals surface area contributed by atoms with E-state index in [9.17, 15) is 8.42 Å². The standard InChI is InChI=1S/C16H18ClNO3S/c1-21-16-10-9-14(12-15(16)17)22(19,20)18-11-5-8-13-6-3-2-4-7-13/h2-4,6-7,9-10,12,18H,5,8,11H2,1H3. The van der Waals surface area contributed by atoms with E-state index in [4.69, 9.17) is 16.3 Å². The topological polar surface area (TPSA) is 55.4 Å². The fourth-order valence-corrected chi connectivity index (χ4v) is 3.46. The normalized spacial score (nSPS) is 11.4. The molecule has 118 valence electrons. The molecule has 2 aromatic rings. The van der Waals surface area contributed by atoms with Gasteiger partial charge in [0.15, 0.2) is 0 Å². The van der Waals surface area contributed by atoms with Gasteiger partial charge in [-0.3, -0.25) is 0 Å². The molecule has 0 bridgehead atoms. The van der Waals surface area contributed by atoms with Gasteiger partial charge in [-0.25, -0.2) is 13.1 Å². The molecule has 2 rings (SSSR count). The summed E-state index contributed by atoms with van der Waals surface area (Å²) < 4.78 is 32.0. The Labute approximate surface area is 136 Å². The van der Waals surface area contributed by atoms with E-state index in [-0.39, 0.29) is 9.92 Å². The molecule has 6 heteroatoms. The van der Waals surface area contributed by atoms with Crippen LogP contribution in [0.2, 0.25) is 5.02 Å². The van der Waals surface area contributed by atoms with Crippen molar-refractivity contribution in [2.24, 2.45) is 0 Å². The van der Waals surface area contributed by atoms with E-state index in [0.29, 0.717) is 12.3 Å². The molecule has 0 saturated heterocycles. The summed E-state index contributed by atoms with van der Waals surface area (Å²) in [5.74, 6) is 0.449. The first-order valence-corrected chi connectivity index (χ1v) is 8.76. The van der Waals surface area contributed by atoms with Gasteiger partial charge in [-0.15, -0.1) is 0 Å². The van der Waals surface area contributed by atoms with Crippen molar-refractivity contribution in [3.05, 3.63) is 59.1 Å². The van der Waals surface area contributed by atoms with Gasteiger partial charge < -0.3 is 4.74 Å². The Hall–Kier alpha value is -1.56. The molecular formula is C16H18ClNO3S. The Morgan fingerprint density at radius 2 is 1.86 bits per heavy atom. The molecule has 22 heavy (non-hydrogen) atoms. The average Bonchev–Trinajstić information content (AvgIpc) is 2.52. The van der Waals surface area contributed by atoms with E-state index in [0.717, 1.165) is 12.8 Å². The maximum Gasteiger partial charge on any atom is 0.240 e. The summed E-state index contributed by atoms with van der Waals surface area (Å²) >= 11 is 5.96. The quantitative estimate of drug-likeness (QED) is 0.788. The number of hydrogen-bond donors (Lipinski definition) is 1. The minimum Gasteiger partial charge on any atom is -0.495 e. The lowest BCUT2D eigenvalue weighted by Crippen LogP contribution is -2.25. The summed E-state index contributed by atoms with van der Waals surface area (Å²) in [6, 6.07) is 14.4. The number of hydrogen-bond acceptors (Lipinski definition) is 3. The first-order chi connectivity index (χ1) is 10.5. The highest BCUT2D eigenvalue weighted by atomic mass is 35.5. The van der Waals surface area contributed by atoms with Crippen LogP contribution in [0.1, 0.15) is 12.0 Å². The maximum atomic E-state index is 12.2. The highest BCUT2D eigenvalue weighted by Crippen LogP contribution is 2.26. The van der Waals surface area contributed by atoms with Crippen LogP contribution >= 0.6 is 11.6 Å². The third-order valence-electron chi connectivity index (χ3n) is 3.21. The van der Waals surface area contributed by atoms with Crippen molar-refractivity contribution in [3.8, 4) is 5.75 Å². The van der Waals surface area contributed by atoms with Gasteiger partial charge in [0.1, 0.15) is 5.75 Å². The highest BCUT2D eigenvalue weighted by molar-refractivity contribution is 7.89. The number of ether oxygens (including phenoxy) is 1. The molecule has 0 amide bonds. The van der Waals surface area contributed by atoms with E-state index < -0.39 is 10.0 Å². The summed E-state index contributed by atoms with van der Waals surface area (Å²) in [6.45, 7) is 0.376. The SMILES string of the molecule is COc1ccc(S(=O)(=O)NCCCc2ccccc2)cc1Cl. The largest absolute Gasteiger partial charge is 0.495 e. The molecule has 0 aliphatic heterocycles. The van der Waals surface area contributed by atoms with Crippen molar-refractivity contribution in [2.45, 2.75) is 17.7 Å². The van der Waals surface area contributed by atoms with Gasteiger partial charge in [0.25, 0.3) is 0 Å². The minimum absolute atomic E-state index is 0.137. The molecule has 0 radical (unpaired) electrons. The van der Waals surface area contributed by atoms with Crippen molar-refractivity contribution in [3.63, 3.8) is 0 Å². The van der Waals surface area contributed by atoms with E-state index in [1.807, 2.05) is 30.3 Å². The summed E-state index contributed by atoms with van der Waals surface area (Å²) in [7, 11) is -2.07. The van der Waals surface area contributed by atoms with Crippen LogP contribution in [0.3, 0.4) is 0 Å². The Morgan fingerprint density at radius 3 is 2.50 bits per heavy atom. The zero-order valence-corrected chi connectivity index (χ0v) is 13.8. The third-order valence-corrected chi connectivity index (χ3v) is 4.96. The third kappa shape index (κ3) is 4.47. The first kappa shape index (κ1) is 16.8. The molecule has 0 aromatic heterocycles. The molecule has 0 saturated carbocycles. The number of halogens is 1. The molecule has 0 heterocycles. The fraction of sp³-hybridized carbons (Fsp3) is 0.250. The van der Waals surface area contributed by atoms with Gasteiger partial charge in [0.05, 0.1) is 17.0 Å². The molecule has 1 N–H and O–H groups in total. The summed E-state index contributed by atoms with van der Waals surface area (Å²) in [5.41, 5.74) is 1.19. The predicted octanol–water partition coefficient (Wildman–Crippen LogP) is 3.26. The molecule has 0 spiro atoms. The van der Waals surface area contributed by atoms with Crippen molar-refractivity contribution in [1.29, 1.82) is 0 Å². The van der Waals surface area contributed by atoms with Gasteiger partial charge in [-0.1, -0.05) is 41.9 Å². The van der Waals surface area contributed by atoms with Crippen LogP contribution in [-0.4, -0.2) is 22.1 Å². The predicted molar refractivity (Wildman–Crippen MR) is 88.0 cm³/mol. The maximum absolute atomic E-state index is 12.2. The lowest BCUT2D eigenvalue weighted by atomic mass is 10.1. The van der Waals surface area contributed by atoms with Crippen molar-refractivity contribution < 1.29 is 13.2 Å². The summed E-state index contributed by atoms with van der Waals surface area (Å²) in [4.78, 5) is 0.137. The fourth-order valence-electron chi connectivity index (χ4n) is 2.04. The van der Waals surface area contributed by atoms with Crippen LogP contribution in [0.15, 0.2) is 53.4 Å². The van der Waals surface area contributed by atoms with E-state index in [1.165, 1.54) is 24.8 Å². The number of aryl methyl sites for hydroxylation is 1. The van der Waals surface area contributed by atoms with Crippen LogP contribution in [0.4, 0.5) is 0 Å². The van der Waals surface area contributed by atoms with Crippen LogP contribution in [0.5, 0.6) is 5.75 Å². The molecule has 0 aliphatic rings. The summed E-state index contributed by atoms with van der Waals surface area (Å²) in [6.07, 6.45) is 1.56. The van der Waals surface area contributed by atoms with Crippen LogP contribution in [-0.2, 0) is 16.4 Å². The van der Waals surface area contributed by atoms with E-state index >= 15 is 0 Å². The summed E-state index contributed by atoms with van der Waals surface area (Å²) in [5, 5.41) is 0.273. The van der Waals surface area contributed by atoms with Crippen LogP contribution in [0, 0.1) is 0 Å². The Balaban J connectivity index is 1.92. The number of methoxy groups -OCH3 is 1. The molecule has 0 atom stereocenters. The van der Waals surface area contributed by atoms with Crippen molar-refractivity contribution in [1.82, 2.24) is 4.72 Å². The van der Waals surface area contributed by atoms with E-state index in [2.05, 4.69) is 4.72 Å². The van der Waals surface area contributed by atoms with Gasteiger partial charge in [0, 0.05) is 6.54 Å². The van der Waals surface area contributed by atoms with Gasteiger partial charge in [-0.05, 0) is 36.6 Å². The smallest absolute Gasteiger partial charge is 0.240 e. The Kier molecular flexibility index (Phi) is 5.83. The highest BCUT2D eigenvalue weighted by Gasteiger charge is 2.15. The van der Waals surface area contributed by atoms with Crippen molar-refractivity contribution in [2.75, 3.05) is 13.7 Å². The second kappa shape index (κ2) is 7.63. The molecular weight excluding hydrogens is 322 g/mol. The Bertz CT molecular complexity index is 717. The van der Waals surface area contributed by atoms with Crippen LogP contribution in [0.25, 0.3) is 0 Å². The molecule has 2 aromatic carbocycles. The van der Waals surface area contributed by atoms with Gasteiger partial charge in [0.2, 0.25) is 10.0 Å². The average molecular weight is 340 g/mol. The number of rotatable bonds is 7. The Morgan fingerprint density at radius 1 is 1.14 bits per heavy atom.